The number of fused-ring (bicyclic) bond motifs is 3. The highest BCUT2D eigenvalue weighted by atomic mass is 14.8. The molecule has 0 heterocycles. The van der Waals surface area contributed by atoms with Gasteiger partial charge in [-0.1, -0.05) is 0 Å². The fraction of sp³-hybridized carbons (Fsp3) is 1.00. The Balaban J connectivity index is 0.851. The van der Waals surface area contributed by atoms with Crippen LogP contribution in [0, 0.1) is 201 Å². The van der Waals surface area contributed by atoms with E-state index in [4.69, 9.17) is 0 Å². The minimum absolute atomic E-state index is 1.17. The van der Waals surface area contributed by atoms with Gasteiger partial charge in [-0.2, -0.15) is 0 Å². The zero-order valence-electron chi connectivity index (χ0n) is 35.2. The summed E-state index contributed by atoms with van der Waals surface area (Å²) in [4.78, 5) is 0. The van der Waals surface area contributed by atoms with E-state index in [2.05, 4.69) is 0 Å². The molecule has 0 amide bonds. The van der Waals surface area contributed by atoms with E-state index in [-0.39, 0.29) is 0 Å². The van der Waals surface area contributed by atoms with Crippen molar-refractivity contribution < 1.29 is 0 Å². The van der Waals surface area contributed by atoms with Crippen LogP contribution >= 0.6 is 0 Å². The second-order valence-electron chi connectivity index (χ2n) is 28.1. The summed E-state index contributed by atoms with van der Waals surface area (Å²) in [6.07, 6.45) is 37.5. The van der Waals surface area contributed by atoms with Gasteiger partial charge in [0, 0.05) is 0 Å². The molecular weight excluding hydrogens is 673 g/mol. The van der Waals surface area contributed by atoms with Crippen LogP contribution < -0.4 is 0 Å². The molecular formula is C56H78. The van der Waals surface area contributed by atoms with Gasteiger partial charge >= 0.3 is 0 Å². The SMILES string of the molecule is C1CC2CCC3CC4C5CC6CCC7CCC8CC9CCC%10CCC%11CCC%12C(C%13CC%14CCC%15CCC1C1C2C3C(C4%13)C%14C%151)C5C1C6C7C8C2C9C%10C%11C%12C21. The lowest BCUT2D eigenvalue weighted by atomic mass is 9.23. The average Bonchev–Trinajstić information content (AvgIpc) is 3.25. The molecule has 0 aromatic rings. The van der Waals surface area contributed by atoms with E-state index in [1.807, 2.05) is 0 Å². The monoisotopic (exact) mass is 751 g/mol. The Labute approximate surface area is 341 Å². The van der Waals surface area contributed by atoms with Crippen molar-refractivity contribution in [3.05, 3.63) is 0 Å². The standard InChI is InChI=1S/C56H78/c1-3-24-9-14-31-20-35-36-21-32-15-10-27-8-13-30-19-29-12-7-26-5-6-28-17-18-34-49(52(36)55-48(32)42(27)45(30)54-44(29)41(26)43(28)51(34)56(54)55)37-22-33-16-11-25-4-2-23(1)38-39(24)46(31)53(50(35)37)47(33)40(25)38/h23-56H,1-22H2. The highest BCUT2D eigenvalue weighted by molar-refractivity contribution is 5.27. The zero-order valence-corrected chi connectivity index (χ0v) is 35.2. The second kappa shape index (κ2) is 10.4. The molecule has 18 saturated carbocycles. The molecule has 0 saturated heterocycles. The molecule has 0 aromatic heterocycles. The van der Waals surface area contributed by atoms with Gasteiger partial charge in [-0.3, -0.25) is 0 Å². The van der Waals surface area contributed by atoms with Crippen LogP contribution in [0.3, 0.4) is 0 Å². The van der Waals surface area contributed by atoms with Crippen LogP contribution in [-0.4, -0.2) is 0 Å². The molecule has 0 spiro atoms. The van der Waals surface area contributed by atoms with Crippen LogP contribution in [0.1, 0.15) is 141 Å². The van der Waals surface area contributed by atoms with Crippen molar-refractivity contribution in [3.63, 3.8) is 0 Å². The number of hydrogen-bond acceptors (Lipinski definition) is 0. The number of hydrogen-bond donors (Lipinski definition) is 0. The van der Waals surface area contributed by atoms with Gasteiger partial charge in [0.2, 0.25) is 0 Å². The van der Waals surface area contributed by atoms with Crippen molar-refractivity contribution in [2.45, 2.75) is 141 Å². The van der Waals surface area contributed by atoms with Crippen molar-refractivity contribution in [2.24, 2.45) is 201 Å². The first-order valence-corrected chi connectivity index (χ1v) is 27.8. The Morgan fingerprint density at radius 2 is 0.357 bits per heavy atom. The molecule has 0 bridgehead atoms. The quantitative estimate of drug-likeness (QED) is 0.231. The van der Waals surface area contributed by atoms with Crippen molar-refractivity contribution in [3.8, 4) is 0 Å². The Morgan fingerprint density at radius 1 is 0.125 bits per heavy atom. The summed E-state index contributed by atoms with van der Waals surface area (Å²) in [5, 5.41) is 0. The molecule has 18 aliphatic rings. The normalized spacial score (nSPS) is 75.0. The van der Waals surface area contributed by atoms with Gasteiger partial charge in [0.25, 0.3) is 0 Å². The third-order valence-electron chi connectivity index (χ3n) is 28.9. The third kappa shape index (κ3) is 3.34. The molecule has 18 aliphatic carbocycles. The first kappa shape index (κ1) is 31.8. The second-order valence-corrected chi connectivity index (χ2v) is 28.1. The molecule has 34 atom stereocenters. The first-order chi connectivity index (χ1) is 27.8. The lowest BCUT2D eigenvalue weighted by molar-refractivity contribution is -0.345. The Hall–Kier alpha value is 0. The van der Waals surface area contributed by atoms with Crippen molar-refractivity contribution >= 4 is 0 Å². The molecule has 34 unspecified atom stereocenters. The van der Waals surface area contributed by atoms with Crippen LogP contribution in [0.4, 0.5) is 0 Å². The van der Waals surface area contributed by atoms with E-state index >= 15 is 0 Å². The minimum atomic E-state index is 1.17. The maximum atomic E-state index is 1.79. The minimum Gasteiger partial charge on any atom is -0.0499 e. The summed E-state index contributed by atoms with van der Waals surface area (Å²) >= 11 is 0. The Kier molecular flexibility index (Phi) is 5.92. The van der Waals surface area contributed by atoms with Crippen LogP contribution in [0.5, 0.6) is 0 Å². The highest BCUT2D eigenvalue weighted by Crippen LogP contribution is 2.85. The Bertz CT molecular complexity index is 1690. The van der Waals surface area contributed by atoms with E-state index in [9.17, 15) is 0 Å². The van der Waals surface area contributed by atoms with E-state index in [1.165, 1.54) is 201 Å². The Morgan fingerprint density at radius 3 is 0.804 bits per heavy atom. The molecule has 0 N–H and O–H groups in total. The topological polar surface area (TPSA) is 0 Å². The summed E-state index contributed by atoms with van der Waals surface area (Å²) in [6, 6.07) is 0. The van der Waals surface area contributed by atoms with Crippen LogP contribution in [0.15, 0.2) is 0 Å². The van der Waals surface area contributed by atoms with Gasteiger partial charge in [-0.25, -0.2) is 0 Å². The van der Waals surface area contributed by atoms with E-state index in [0.29, 0.717) is 0 Å². The summed E-state index contributed by atoms with van der Waals surface area (Å²) in [7, 11) is 0. The molecule has 302 valence electrons. The molecule has 0 radical (unpaired) electrons. The predicted molar refractivity (Wildman–Crippen MR) is 220 cm³/mol. The first-order valence-electron chi connectivity index (χ1n) is 27.8. The molecule has 0 aromatic carbocycles. The van der Waals surface area contributed by atoms with E-state index in [0.717, 1.165) is 0 Å². The number of rotatable bonds is 0. The molecule has 56 heavy (non-hydrogen) atoms. The van der Waals surface area contributed by atoms with Crippen molar-refractivity contribution in [2.75, 3.05) is 0 Å². The fourth-order valence-electron chi connectivity index (χ4n) is 29.5. The maximum absolute atomic E-state index is 1.79. The van der Waals surface area contributed by atoms with Crippen LogP contribution in [0.2, 0.25) is 0 Å². The summed E-state index contributed by atoms with van der Waals surface area (Å²) in [5.74, 6) is 40.8. The lowest BCUT2D eigenvalue weighted by Gasteiger charge is -2.82. The summed E-state index contributed by atoms with van der Waals surface area (Å²) in [5.41, 5.74) is 0. The third-order valence-corrected chi connectivity index (χ3v) is 28.9. The molecule has 0 heteroatoms. The average molecular weight is 751 g/mol. The predicted octanol–water partition coefficient (Wildman–Crippen LogP) is 12.8. The van der Waals surface area contributed by atoms with E-state index < -0.39 is 0 Å². The van der Waals surface area contributed by atoms with Gasteiger partial charge in [-0.15, -0.1) is 0 Å². The zero-order chi connectivity index (χ0) is 35.2. The lowest BCUT2D eigenvalue weighted by Crippen LogP contribution is -2.77. The maximum Gasteiger partial charge on any atom is -0.0312 e. The van der Waals surface area contributed by atoms with Gasteiger partial charge in [-0.05, 0) is 342 Å². The van der Waals surface area contributed by atoms with Crippen molar-refractivity contribution in [1.82, 2.24) is 0 Å². The van der Waals surface area contributed by atoms with Gasteiger partial charge in [0.15, 0.2) is 0 Å². The van der Waals surface area contributed by atoms with Crippen LogP contribution in [0.25, 0.3) is 0 Å². The molecule has 0 nitrogen and oxygen atoms in total. The molecule has 18 rings (SSSR count). The van der Waals surface area contributed by atoms with E-state index in [1.54, 1.807) is 141 Å². The fourth-order valence-corrected chi connectivity index (χ4v) is 29.5. The van der Waals surface area contributed by atoms with Gasteiger partial charge in [0.05, 0.1) is 0 Å². The van der Waals surface area contributed by atoms with Crippen LogP contribution in [-0.2, 0) is 0 Å². The highest BCUT2D eigenvalue weighted by Gasteiger charge is 2.79. The largest absolute Gasteiger partial charge is 0.0499 e. The smallest absolute Gasteiger partial charge is 0.0312 e. The summed E-state index contributed by atoms with van der Waals surface area (Å²) < 4.78 is 0. The molecule has 0 aliphatic heterocycles. The van der Waals surface area contributed by atoms with Crippen molar-refractivity contribution in [1.29, 1.82) is 0 Å². The van der Waals surface area contributed by atoms with Gasteiger partial charge < -0.3 is 0 Å². The van der Waals surface area contributed by atoms with Gasteiger partial charge in [0.1, 0.15) is 0 Å². The molecule has 18 fully saturated rings. The summed E-state index contributed by atoms with van der Waals surface area (Å²) in [6.45, 7) is 0.